The predicted octanol–water partition coefficient (Wildman–Crippen LogP) is 1.24. The molecule has 2 aromatic rings. The molecule has 0 fully saturated rings. The molecule has 9 nitrogen and oxygen atoms in total. The highest BCUT2D eigenvalue weighted by molar-refractivity contribution is 7.32. The number of hydrogen-bond acceptors (Lipinski definition) is 5. The molecule has 2 heterocycles. The number of nitrogens with zero attached hydrogens (tertiary/aromatic N) is 4. The van der Waals surface area contributed by atoms with E-state index in [4.69, 9.17) is 4.89 Å². The first kappa shape index (κ1) is 18.5. The molecule has 24 heavy (non-hydrogen) atoms. The summed E-state index contributed by atoms with van der Waals surface area (Å²) in [6, 6.07) is 0. The SMILES string of the molecule is CCCn1c(=O)c2c(ncn2CCCO[P+](=O)O)n(CCC)c1=O. The molecule has 0 aliphatic rings. The number of fused-ring (bicyclic) bond motifs is 1. The van der Waals surface area contributed by atoms with E-state index >= 15 is 0 Å². The van der Waals surface area contributed by atoms with Crippen LogP contribution in [-0.2, 0) is 28.7 Å². The van der Waals surface area contributed by atoms with E-state index in [1.165, 1.54) is 15.5 Å². The van der Waals surface area contributed by atoms with Crippen LogP contribution < -0.4 is 11.2 Å². The van der Waals surface area contributed by atoms with Gasteiger partial charge < -0.3 is 4.57 Å². The lowest BCUT2D eigenvalue weighted by Crippen LogP contribution is -2.40. The molecule has 2 rings (SSSR count). The highest BCUT2D eigenvalue weighted by Gasteiger charge is 2.17. The summed E-state index contributed by atoms with van der Waals surface area (Å²) < 4.78 is 19.6. The number of imidazole rings is 1. The molecule has 0 aliphatic heterocycles. The van der Waals surface area contributed by atoms with Crippen molar-refractivity contribution in [3.8, 4) is 0 Å². The normalized spacial score (nSPS) is 12.0. The second-order valence-corrected chi connectivity index (χ2v) is 6.16. The molecule has 10 heteroatoms. The minimum Gasteiger partial charge on any atom is -0.325 e. The molecule has 0 aromatic carbocycles. The number of aryl methyl sites for hydroxylation is 2. The van der Waals surface area contributed by atoms with Crippen LogP contribution in [0.2, 0.25) is 0 Å². The van der Waals surface area contributed by atoms with Gasteiger partial charge in [-0.1, -0.05) is 13.8 Å². The van der Waals surface area contributed by atoms with Crippen molar-refractivity contribution >= 4 is 19.4 Å². The Labute approximate surface area is 139 Å². The van der Waals surface area contributed by atoms with Crippen molar-refractivity contribution in [2.24, 2.45) is 0 Å². The van der Waals surface area contributed by atoms with Crippen molar-refractivity contribution in [2.45, 2.75) is 52.7 Å². The largest absolute Gasteiger partial charge is 0.694 e. The fourth-order valence-electron chi connectivity index (χ4n) is 2.63. The average Bonchev–Trinajstić information content (AvgIpc) is 2.96. The second-order valence-electron chi connectivity index (χ2n) is 5.43. The Balaban J connectivity index is 2.46. The average molecular weight is 357 g/mol. The number of aromatic nitrogens is 4. The number of rotatable bonds is 9. The molecule has 1 atom stereocenters. The van der Waals surface area contributed by atoms with E-state index in [1.54, 1.807) is 4.57 Å². The lowest BCUT2D eigenvalue weighted by atomic mass is 10.4. The third-order valence-electron chi connectivity index (χ3n) is 3.62. The van der Waals surface area contributed by atoms with Gasteiger partial charge in [0.25, 0.3) is 5.56 Å². The van der Waals surface area contributed by atoms with E-state index < -0.39 is 8.25 Å². The zero-order chi connectivity index (χ0) is 17.7. The molecule has 0 saturated carbocycles. The second kappa shape index (κ2) is 8.32. The van der Waals surface area contributed by atoms with Gasteiger partial charge in [-0.15, -0.1) is 9.42 Å². The molecule has 1 N–H and O–H groups in total. The molecule has 0 aliphatic carbocycles. The lowest BCUT2D eigenvalue weighted by molar-refractivity contribution is 0.272. The van der Waals surface area contributed by atoms with Gasteiger partial charge in [0, 0.05) is 24.2 Å². The van der Waals surface area contributed by atoms with E-state index in [9.17, 15) is 14.2 Å². The lowest BCUT2D eigenvalue weighted by Gasteiger charge is -2.11. The first-order chi connectivity index (χ1) is 11.5. The van der Waals surface area contributed by atoms with Crippen LogP contribution in [0, 0.1) is 0 Å². The molecule has 2 aromatic heterocycles. The van der Waals surface area contributed by atoms with Gasteiger partial charge in [-0.25, -0.2) is 9.78 Å². The maximum atomic E-state index is 12.7. The molecule has 1 unspecified atom stereocenters. The minimum absolute atomic E-state index is 0.100. The summed E-state index contributed by atoms with van der Waals surface area (Å²) in [5, 5.41) is 0. The van der Waals surface area contributed by atoms with Crippen molar-refractivity contribution in [2.75, 3.05) is 6.61 Å². The maximum Gasteiger partial charge on any atom is 0.694 e. The summed E-state index contributed by atoms with van der Waals surface area (Å²) in [6.07, 6.45) is 3.40. The third-order valence-corrected chi connectivity index (χ3v) is 4.03. The Morgan fingerprint density at radius 3 is 2.46 bits per heavy atom. The van der Waals surface area contributed by atoms with Crippen LogP contribution in [0.4, 0.5) is 0 Å². The van der Waals surface area contributed by atoms with Gasteiger partial charge in [0.15, 0.2) is 11.2 Å². The highest BCUT2D eigenvalue weighted by atomic mass is 31.1. The molecule has 0 amide bonds. The van der Waals surface area contributed by atoms with Crippen LogP contribution in [0.5, 0.6) is 0 Å². The zero-order valence-corrected chi connectivity index (χ0v) is 14.7. The topological polar surface area (TPSA) is 108 Å². The Morgan fingerprint density at radius 2 is 1.83 bits per heavy atom. The van der Waals surface area contributed by atoms with Gasteiger partial charge in [-0.2, -0.15) is 0 Å². The number of hydrogen-bond donors (Lipinski definition) is 1. The maximum absolute atomic E-state index is 12.7. The molecule has 0 spiro atoms. The van der Waals surface area contributed by atoms with Gasteiger partial charge in [-0.05, 0) is 19.3 Å². The molecular weight excluding hydrogens is 335 g/mol. The molecule has 0 bridgehead atoms. The molecule has 0 radical (unpaired) electrons. The first-order valence-electron chi connectivity index (χ1n) is 7.98. The summed E-state index contributed by atoms with van der Waals surface area (Å²) in [4.78, 5) is 38.1. The van der Waals surface area contributed by atoms with Gasteiger partial charge in [0.2, 0.25) is 0 Å². The van der Waals surface area contributed by atoms with E-state index in [2.05, 4.69) is 9.51 Å². The summed E-state index contributed by atoms with van der Waals surface area (Å²) in [5.74, 6) is 0. The van der Waals surface area contributed by atoms with Crippen molar-refractivity contribution in [1.29, 1.82) is 0 Å². The fraction of sp³-hybridized carbons (Fsp3) is 0.643. The van der Waals surface area contributed by atoms with Crippen LogP contribution in [0.25, 0.3) is 11.2 Å². The van der Waals surface area contributed by atoms with Crippen LogP contribution >= 0.6 is 8.25 Å². The Kier molecular flexibility index (Phi) is 6.42. The Morgan fingerprint density at radius 1 is 1.17 bits per heavy atom. The van der Waals surface area contributed by atoms with Crippen LogP contribution in [-0.4, -0.2) is 30.2 Å². The molecule has 0 saturated heterocycles. The molecular formula is C14H22N4O5P+. The quantitative estimate of drug-likeness (QED) is 0.534. The summed E-state index contributed by atoms with van der Waals surface area (Å²) in [6.45, 7) is 5.22. The van der Waals surface area contributed by atoms with Gasteiger partial charge >= 0.3 is 13.9 Å². The van der Waals surface area contributed by atoms with Crippen molar-refractivity contribution < 1.29 is 14.0 Å². The standard InChI is InChI=1S/C14H21N4O5P/c1-3-6-17-12-11(13(19)18(7-4-2)14(17)20)16(10-15-12)8-5-9-23-24(21)22/h10H,3-9H2,1-2H3/p+1. The monoisotopic (exact) mass is 357 g/mol. The zero-order valence-electron chi connectivity index (χ0n) is 13.8. The van der Waals surface area contributed by atoms with Crippen molar-refractivity contribution in [1.82, 2.24) is 18.7 Å². The van der Waals surface area contributed by atoms with Gasteiger partial charge in [0.1, 0.15) is 6.61 Å². The highest BCUT2D eigenvalue weighted by Crippen LogP contribution is 2.15. The smallest absolute Gasteiger partial charge is 0.325 e. The van der Waals surface area contributed by atoms with E-state index in [0.29, 0.717) is 43.6 Å². The fourth-order valence-corrected chi connectivity index (χ4v) is 2.92. The molecule has 132 valence electrons. The van der Waals surface area contributed by atoms with Crippen molar-refractivity contribution in [3.05, 3.63) is 27.2 Å². The van der Waals surface area contributed by atoms with E-state index in [1.807, 2.05) is 13.8 Å². The Bertz CT molecular complexity index is 838. The van der Waals surface area contributed by atoms with E-state index in [-0.39, 0.29) is 17.9 Å². The van der Waals surface area contributed by atoms with Crippen LogP contribution in [0.3, 0.4) is 0 Å². The van der Waals surface area contributed by atoms with Gasteiger partial charge in [0.05, 0.1) is 6.33 Å². The third kappa shape index (κ3) is 3.80. The minimum atomic E-state index is -2.62. The summed E-state index contributed by atoms with van der Waals surface area (Å²) >= 11 is 0. The predicted molar refractivity (Wildman–Crippen MR) is 89.2 cm³/mol. The summed E-state index contributed by atoms with van der Waals surface area (Å²) in [5.41, 5.74) is 0.0798. The van der Waals surface area contributed by atoms with Crippen LogP contribution in [0.1, 0.15) is 33.1 Å². The summed E-state index contributed by atoms with van der Waals surface area (Å²) in [7, 11) is -2.62. The Hall–Kier alpha value is -1.83. The van der Waals surface area contributed by atoms with Gasteiger partial charge in [-0.3, -0.25) is 13.9 Å². The van der Waals surface area contributed by atoms with Crippen LogP contribution in [0.15, 0.2) is 15.9 Å². The van der Waals surface area contributed by atoms with E-state index in [0.717, 1.165) is 6.42 Å². The first-order valence-corrected chi connectivity index (χ1v) is 9.11. The van der Waals surface area contributed by atoms with Crippen molar-refractivity contribution in [3.63, 3.8) is 0 Å².